The Labute approximate surface area is 263 Å². The van der Waals surface area contributed by atoms with E-state index in [-0.39, 0.29) is 50.3 Å². The van der Waals surface area contributed by atoms with Gasteiger partial charge in [-0.2, -0.15) is 0 Å². The smallest absolute Gasteiger partial charge is 0.409 e. The number of hydrogen-bond donors (Lipinski definition) is 3. The molecule has 1 aliphatic heterocycles. The van der Waals surface area contributed by atoms with Crippen molar-refractivity contribution in [2.24, 2.45) is 0 Å². The van der Waals surface area contributed by atoms with Crippen molar-refractivity contribution in [2.75, 3.05) is 53.0 Å². The molecule has 0 spiro atoms. The van der Waals surface area contributed by atoms with Crippen LogP contribution in [0.5, 0.6) is 0 Å². The fraction of sp³-hybridized carbons (Fsp3) is 0.500. The van der Waals surface area contributed by atoms with Crippen LogP contribution in [0.1, 0.15) is 66.3 Å². The van der Waals surface area contributed by atoms with Crippen LogP contribution < -0.4 is 10.6 Å². The molecule has 0 aliphatic carbocycles. The topological polar surface area (TPSA) is 167 Å². The largest absolute Gasteiger partial charge is 0.481 e. The molecule has 1 fully saturated rings. The van der Waals surface area contributed by atoms with Gasteiger partial charge < -0.3 is 35.0 Å². The highest BCUT2D eigenvalue weighted by atomic mass is 16.6. The van der Waals surface area contributed by atoms with Crippen molar-refractivity contribution in [3.05, 3.63) is 53.7 Å². The van der Waals surface area contributed by atoms with E-state index in [1.165, 1.54) is 15.9 Å². The Bertz CT molecular complexity index is 1300. The second kappa shape index (κ2) is 18.3. The number of aliphatic carboxylic acids is 1. The van der Waals surface area contributed by atoms with Crippen LogP contribution in [0.2, 0.25) is 0 Å². The van der Waals surface area contributed by atoms with E-state index in [2.05, 4.69) is 22.5 Å². The maximum absolute atomic E-state index is 13.5. The highest BCUT2D eigenvalue weighted by Gasteiger charge is 2.31. The van der Waals surface area contributed by atoms with Crippen LogP contribution in [0, 0.1) is 0 Å². The number of carboxylic acid groups (broad SMARTS) is 1. The van der Waals surface area contributed by atoms with Gasteiger partial charge >= 0.3 is 12.1 Å². The first-order valence-electron chi connectivity index (χ1n) is 15.3. The van der Waals surface area contributed by atoms with Crippen LogP contribution in [0.4, 0.5) is 4.79 Å². The third kappa shape index (κ3) is 11.2. The zero-order valence-corrected chi connectivity index (χ0v) is 26.0. The molecule has 3 rings (SSSR count). The van der Waals surface area contributed by atoms with E-state index in [0.717, 1.165) is 19.3 Å². The number of methoxy groups -OCH3 is 1. The van der Waals surface area contributed by atoms with E-state index < -0.39 is 35.8 Å². The maximum Gasteiger partial charge on any atom is 0.409 e. The Hall–Kier alpha value is -4.52. The normalized spacial score (nSPS) is 13.6. The molecule has 1 aliphatic rings. The lowest BCUT2D eigenvalue weighted by molar-refractivity contribution is -0.138. The van der Waals surface area contributed by atoms with Gasteiger partial charge in [0.05, 0.1) is 12.3 Å². The van der Waals surface area contributed by atoms with E-state index in [9.17, 15) is 29.1 Å². The van der Waals surface area contributed by atoms with Crippen LogP contribution in [0.3, 0.4) is 0 Å². The summed E-state index contributed by atoms with van der Waals surface area (Å²) in [7, 11) is 1.57. The number of amides is 4. The van der Waals surface area contributed by atoms with Crippen molar-refractivity contribution in [3.63, 3.8) is 0 Å². The van der Waals surface area contributed by atoms with Gasteiger partial charge in [0.1, 0.15) is 11.7 Å². The number of ether oxygens (including phenoxy) is 2. The molecule has 0 saturated carbocycles. The molecule has 3 N–H and O–H groups in total. The zero-order chi connectivity index (χ0) is 32.6. The fourth-order valence-electron chi connectivity index (χ4n) is 4.75. The second-order valence-electron chi connectivity index (χ2n) is 10.7. The van der Waals surface area contributed by atoms with Gasteiger partial charge in [-0.1, -0.05) is 50.1 Å². The molecule has 1 aromatic carbocycles. The Kier molecular flexibility index (Phi) is 14.2. The lowest BCUT2D eigenvalue weighted by atomic mass is 10.1. The molecule has 13 nitrogen and oxygen atoms in total. The average Bonchev–Trinajstić information content (AvgIpc) is 3.06. The highest BCUT2D eigenvalue weighted by molar-refractivity contribution is 6.01. The molecule has 1 atom stereocenters. The molecule has 0 unspecified atom stereocenters. The zero-order valence-electron chi connectivity index (χ0n) is 26.0. The Morgan fingerprint density at radius 2 is 1.64 bits per heavy atom. The molecule has 45 heavy (non-hydrogen) atoms. The van der Waals surface area contributed by atoms with Gasteiger partial charge in [-0.05, 0) is 31.4 Å². The summed E-state index contributed by atoms with van der Waals surface area (Å²) < 4.78 is 10.3. The molecular weight excluding hydrogens is 582 g/mol. The maximum atomic E-state index is 13.5. The minimum Gasteiger partial charge on any atom is -0.481 e. The lowest BCUT2D eigenvalue weighted by Crippen LogP contribution is -2.56. The van der Waals surface area contributed by atoms with Crippen LogP contribution in [0.15, 0.2) is 42.5 Å². The summed E-state index contributed by atoms with van der Waals surface area (Å²) in [6.07, 6.45) is 2.44. The quantitative estimate of drug-likeness (QED) is 0.238. The van der Waals surface area contributed by atoms with Gasteiger partial charge in [-0.15, -0.1) is 0 Å². The van der Waals surface area contributed by atoms with Gasteiger partial charge in [0.2, 0.25) is 5.91 Å². The third-order valence-electron chi connectivity index (χ3n) is 7.27. The fourth-order valence-corrected chi connectivity index (χ4v) is 4.75. The highest BCUT2D eigenvalue weighted by Crippen LogP contribution is 2.20. The van der Waals surface area contributed by atoms with Gasteiger partial charge in [0, 0.05) is 64.0 Å². The number of unbranched alkanes of at least 4 members (excludes halogenated alkanes) is 2. The number of nitrogens with one attached hydrogen (secondary N) is 2. The van der Waals surface area contributed by atoms with E-state index in [1.54, 1.807) is 37.4 Å². The third-order valence-corrected chi connectivity index (χ3v) is 7.27. The number of piperazine rings is 1. The molecule has 244 valence electrons. The van der Waals surface area contributed by atoms with Gasteiger partial charge in [0.15, 0.2) is 0 Å². The van der Waals surface area contributed by atoms with Crippen molar-refractivity contribution in [3.8, 4) is 11.3 Å². The van der Waals surface area contributed by atoms with Gasteiger partial charge in [-0.3, -0.25) is 19.2 Å². The Morgan fingerprint density at radius 3 is 2.31 bits per heavy atom. The lowest BCUT2D eigenvalue weighted by Gasteiger charge is -2.36. The van der Waals surface area contributed by atoms with E-state index in [4.69, 9.17) is 9.47 Å². The molecule has 1 saturated heterocycles. The average molecular weight is 626 g/mol. The SMILES string of the molecule is CCCCCOC(=O)N1CCN(C(=O)[C@H](CCC(=O)O)NC(=O)c2cc(C(=O)NCCCOC)cc(-c3ccccc3)n2)CC1. The number of pyridine rings is 1. The number of carbonyl (C=O) groups excluding carboxylic acids is 4. The molecule has 13 heteroatoms. The monoisotopic (exact) mass is 625 g/mol. The Balaban J connectivity index is 1.75. The van der Waals surface area contributed by atoms with E-state index in [1.807, 2.05) is 6.07 Å². The van der Waals surface area contributed by atoms with E-state index in [0.29, 0.717) is 37.4 Å². The van der Waals surface area contributed by atoms with Crippen molar-refractivity contribution in [1.29, 1.82) is 0 Å². The van der Waals surface area contributed by atoms with Crippen molar-refractivity contribution in [1.82, 2.24) is 25.4 Å². The number of hydrogen-bond acceptors (Lipinski definition) is 8. The predicted octanol–water partition coefficient (Wildman–Crippen LogP) is 2.95. The standard InChI is InChI=1S/C32H43N5O8/c1-3-4-8-20-45-32(43)37-17-15-36(16-18-37)31(42)25(12-13-28(38)39)35-30(41)27-22-24(29(40)33-14-9-19-44-2)21-26(34-27)23-10-6-5-7-11-23/h5-7,10-11,21-22,25H,3-4,8-9,12-20H2,1-2H3,(H,33,40)(H,35,41)(H,38,39)/t25-/m0/s1. The first kappa shape index (κ1) is 35.0. The van der Waals surface area contributed by atoms with Gasteiger partial charge in [-0.25, -0.2) is 9.78 Å². The molecule has 0 radical (unpaired) electrons. The molecule has 4 amide bonds. The number of carbonyl (C=O) groups is 5. The minimum absolute atomic E-state index is 0.0952. The molecular formula is C32H43N5O8. The summed E-state index contributed by atoms with van der Waals surface area (Å²) in [4.78, 5) is 71.3. The predicted molar refractivity (Wildman–Crippen MR) is 166 cm³/mol. The summed E-state index contributed by atoms with van der Waals surface area (Å²) in [5, 5.41) is 14.8. The second-order valence-corrected chi connectivity index (χ2v) is 10.7. The number of aromatic nitrogens is 1. The number of benzene rings is 1. The number of nitrogens with zero attached hydrogens (tertiary/aromatic N) is 3. The van der Waals surface area contributed by atoms with Crippen LogP contribution >= 0.6 is 0 Å². The first-order valence-corrected chi connectivity index (χ1v) is 15.3. The molecule has 0 bridgehead atoms. The van der Waals surface area contributed by atoms with Crippen LogP contribution in [0.25, 0.3) is 11.3 Å². The van der Waals surface area contributed by atoms with Crippen molar-refractivity contribution in [2.45, 2.75) is 51.5 Å². The molecule has 2 aromatic rings. The summed E-state index contributed by atoms with van der Waals surface area (Å²) in [5.41, 5.74) is 1.18. The molecule has 1 aromatic heterocycles. The molecule has 2 heterocycles. The number of rotatable bonds is 16. The minimum atomic E-state index is -1.16. The van der Waals surface area contributed by atoms with Crippen LogP contribution in [-0.2, 0) is 19.1 Å². The Morgan fingerprint density at radius 1 is 0.933 bits per heavy atom. The van der Waals surface area contributed by atoms with E-state index >= 15 is 0 Å². The summed E-state index contributed by atoms with van der Waals surface area (Å²) in [6, 6.07) is 10.8. The number of carboxylic acids is 1. The van der Waals surface area contributed by atoms with Crippen molar-refractivity contribution >= 4 is 29.8 Å². The summed E-state index contributed by atoms with van der Waals surface area (Å²) in [5.74, 6) is -2.70. The summed E-state index contributed by atoms with van der Waals surface area (Å²) >= 11 is 0. The summed E-state index contributed by atoms with van der Waals surface area (Å²) in [6.45, 7) is 4.16. The van der Waals surface area contributed by atoms with Crippen LogP contribution in [-0.4, -0.2) is 109 Å². The van der Waals surface area contributed by atoms with Crippen molar-refractivity contribution < 1.29 is 38.6 Å². The van der Waals surface area contributed by atoms with Gasteiger partial charge in [0.25, 0.3) is 11.8 Å². The first-order chi connectivity index (χ1) is 21.7.